The van der Waals surface area contributed by atoms with Gasteiger partial charge in [0.15, 0.2) is 5.83 Å². The Morgan fingerprint density at radius 1 is 1.30 bits per heavy atom. The lowest BCUT2D eigenvalue weighted by atomic mass is 9.96. The summed E-state index contributed by atoms with van der Waals surface area (Å²) in [7, 11) is 1.71. The van der Waals surface area contributed by atoms with Gasteiger partial charge in [-0.1, -0.05) is 18.7 Å². The first-order chi connectivity index (χ1) is 14.1. The summed E-state index contributed by atoms with van der Waals surface area (Å²) in [6, 6.07) is 6.86. The zero-order valence-corrected chi connectivity index (χ0v) is 15.8. The number of hydrogen-bond acceptors (Lipinski definition) is 4. The van der Waals surface area contributed by atoms with E-state index in [-0.39, 0.29) is 18.9 Å². The number of alkyl halides is 3. The molecule has 0 radical (unpaired) electrons. The van der Waals surface area contributed by atoms with Crippen LogP contribution in [0.15, 0.2) is 49.1 Å². The van der Waals surface area contributed by atoms with Crippen molar-refractivity contribution >= 4 is 16.9 Å². The number of nitrogens with zero attached hydrogens (tertiary/aromatic N) is 2. The number of aliphatic hydroxyl groups excluding tert-OH is 1. The predicted molar refractivity (Wildman–Crippen MR) is 101 cm³/mol. The first kappa shape index (κ1) is 21.3. The SMILES string of the molecule is C=C(F)C(=O)NCc1cc(-c2ccc(OC(F)(F)F)cc2)c2ncn(C)c2c1CO. The van der Waals surface area contributed by atoms with Crippen LogP contribution in [0.2, 0.25) is 0 Å². The zero-order chi connectivity index (χ0) is 22.1. The quantitative estimate of drug-likeness (QED) is 0.468. The van der Waals surface area contributed by atoms with Gasteiger partial charge in [0.25, 0.3) is 5.91 Å². The number of ether oxygens (including phenoxy) is 1. The Morgan fingerprint density at radius 3 is 2.53 bits per heavy atom. The number of aliphatic hydroxyl groups is 1. The fourth-order valence-electron chi connectivity index (χ4n) is 3.13. The van der Waals surface area contributed by atoms with Crippen LogP contribution < -0.4 is 10.1 Å². The lowest BCUT2D eigenvalue weighted by molar-refractivity contribution is -0.274. The number of aromatic nitrogens is 2. The summed E-state index contributed by atoms with van der Waals surface area (Å²) in [4.78, 5) is 15.9. The highest BCUT2D eigenvalue weighted by Gasteiger charge is 2.31. The number of fused-ring (bicyclic) bond motifs is 1. The van der Waals surface area contributed by atoms with Crippen LogP contribution in [0.4, 0.5) is 17.6 Å². The molecule has 30 heavy (non-hydrogen) atoms. The maximum absolute atomic E-state index is 13.0. The van der Waals surface area contributed by atoms with Crippen LogP contribution in [0, 0.1) is 0 Å². The molecule has 10 heteroatoms. The molecule has 0 fully saturated rings. The van der Waals surface area contributed by atoms with Crippen molar-refractivity contribution in [1.82, 2.24) is 14.9 Å². The van der Waals surface area contributed by atoms with Crippen LogP contribution in [-0.4, -0.2) is 26.9 Å². The van der Waals surface area contributed by atoms with Crippen molar-refractivity contribution in [2.75, 3.05) is 0 Å². The van der Waals surface area contributed by atoms with E-state index in [1.807, 2.05) is 0 Å². The molecule has 0 aliphatic rings. The topological polar surface area (TPSA) is 76.4 Å². The first-order valence-electron chi connectivity index (χ1n) is 8.66. The van der Waals surface area contributed by atoms with Gasteiger partial charge in [-0.05, 0) is 29.3 Å². The van der Waals surface area contributed by atoms with Gasteiger partial charge < -0.3 is 19.7 Å². The molecule has 0 saturated heterocycles. The second-order valence-corrected chi connectivity index (χ2v) is 6.43. The fourth-order valence-corrected chi connectivity index (χ4v) is 3.13. The van der Waals surface area contributed by atoms with E-state index in [1.54, 1.807) is 17.7 Å². The van der Waals surface area contributed by atoms with Gasteiger partial charge in [0.2, 0.25) is 0 Å². The molecule has 0 atom stereocenters. The first-order valence-corrected chi connectivity index (χ1v) is 8.66. The molecule has 0 unspecified atom stereocenters. The van der Waals surface area contributed by atoms with Gasteiger partial charge in [0, 0.05) is 24.7 Å². The number of amides is 1. The number of halogens is 4. The van der Waals surface area contributed by atoms with Crippen molar-refractivity contribution in [2.24, 2.45) is 7.05 Å². The summed E-state index contributed by atoms with van der Waals surface area (Å²) in [6.07, 6.45) is -3.27. The third-order valence-corrected chi connectivity index (χ3v) is 4.43. The third kappa shape index (κ3) is 4.43. The van der Waals surface area contributed by atoms with Crippen LogP contribution in [-0.2, 0) is 25.0 Å². The number of hydrogen-bond donors (Lipinski definition) is 2. The van der Waals surface area contributed by atoms with Crippen LogP contribution in [0.1, 0.15) is 11.1 Å². The summed E-state index contributed by atoms with van der Waals surface area (Å²) in [5.74, 6) is -2.51. The molecule has 0 bridgehead atoms. The highest BCUT2D eigenvalue weighted by molar-refractivity contribution is 5.95. The average Bonchev–Trinajstić information content (AvgIpc) is 3.06. The molecule has 2 N–H and O–H groups in total. The van der Waals surface area contributed by atoms with E-state index in [2.05, 4.69) is 21.6 Å². The average molecular weight is 423 g/mol. The van der Waals surface area contributed by atoms with Crippen LogP contribution in [0.3, 0.4) is 0 Å². The molecular weight excluding hydrogens is 406 g/mol. The van der Waals surface area contributed by atoms with Gasteiger partial charge in [-0.15, -0.1) is 13.2 Å². The molecule has 0 spiro atoms. The van der Waals surface area contributed by atoms with Gasteiger partial charge >= 0.3 is 6.36 Å². The zero-order valence-electron chi connectivity index (χ0n) is 15.8. The monoisotopic (exact) mass is 423 g/mol. The summed E-state index contributed by atoms with van der Waals surface area (Å²) in [5.41, 5.74) is 3.17. The van der Waals surface area contributed by atoms with Crippen LogP contribution in [0.5, 0.6) is 5.75 Å². The van der Waals surface area contributed by atoms with Crippen molar-refractivity contribution in [1.29, 1.82) is 0 Å². The molecular formula is C20H17F4N3O3. The number of carbonyl (C=O) groups excluding carboxylic acids is 1. The number of carbonyl (C=O) groups is 1. The molecule has 1 aromatic heterocycles. The lowest BCUT2D eigenvalue weighted by Gasteiger charge is -2.15. The molecule has 3 rings (SSSR count). The minimum Gasteiger partial charge on any atom is -0.406 e. The predicted octanol–water partition coefficient (Wildman–Crippen LogP) is 3.73. The summed E-state index contributed by atoms with van der Waals surface area (Å²) < 4.78 is 55.7. The standard InChI is InChI=1S/C20H17F4N3O3/c1-11(21)19(29)25-8-13-7-15(17-18(16(13)9-28)27(2)10-26-17)12-3-5-14(6-4-12)30-20(22,23)24/h3-7,10,28H,1,8-9H2,2H3,(H,25,29). The summed E-state index contributed by atoms with van der Waals surface area (Å²) >= 11 is 0. The van der Waals surface area contributed by atoms with Gasteiger partial charge in [0.1, 0.15) is 5.75 Å². The Bertz CT molecular complexity index is 1110. The number of aryl methyl sites for hydroxylation is 1. The molecule has 0 aliphatic heterocycles. The molecule has 158 valence electrons. The van der Waals surface area contributed by atoms with E-state index in [4.69, 9.17) is 0 Å². The number of imidazole rings is 1. The fraction of sp³-hybridized carbons (Fsp3) is 0.200. The highest BCUT2D eigenvalue weighted by Crippen LogP contribution is 2.34. The van der Waals surface area contributed by atoms with E-state index in [0.29, 0.717) is 33.3 Å². The smallest absolute Gasteiger partial charge is 0.406 e. The van der Waals surface area contributed by atoms with E-state index in [9.17, 15) is 27.5 Å². The van der Waals surface area contributed by atoms with Gasteiger partial charge in [0.05, 0.1) is 24.0 Å². The summed E-state index contributed by atoms with van der Waals surface area (Å²) in [6.45, 7) is 2.47. The van der Waals surface area contributed by atoms with E-state index in [1.165, 1.54) is 30.6 Å². The highest BCUT2D eigenvalue weighted by atomic mass is 19.4. The van der Waals surface area contributed by atoms with E-state index < -0.39 is 18.1 Å². The minimum atomic E-state index is -4.80. The normalized spacial score (nSPS) is 11.5. The van der Waals surface area contributed by atoms with Crippen molar-refractivity contribution in [2.45, 2.75) is 19.5 Å². The molecule has 3 aromatic rings. The van der Waals surface area contributed by atoms with Crippen molar-refractivity contribution in [3.63, 3.8) is 0 Å². The van der Waals surface area contributed by atoms with Crippen molar-refractivity contribution < 1.29 is 32.2 Å². The Morgan fingerprint density at radius 2 is 1.97 bits per heavy atom. The maximum Gasteiger partial charge on any atom is 0.573 e. The van der Waals surface area contributed by atoms with Gasteiger partial charge in [-0.25, -0.2) is 9.37 Å². The van der Waals surface area contributed by atoms with Gasteiger partial charge in [-0.2, -0.15) is 0 Å². The second kappa shape index (κ2) is 8.15. The largest absolute Gasteiger partial charge is 0.573 e. The molecule has 1 heterocycles. The van der Waals surface area contributed by atoms with Crippen LogP contribution in [0.25, 0.3) is 22.2 Å². The number of rotatable bonds is 6. The van der Waals surface area contributed by atoms with E-state index >= 15 is 0 Å². The summed E-state index contributed by atoms with van der Waals surface area (Å²) in [5, 5.41) is 12.2. The molecule has 2 aromatic carbocycles. The van der Waals surface area contributed by atoms with Crippen molar-refractivity contribution in [3.8, 4) is 16.9 Å². The van der Waals surface area contributed by atoms with E-state index in [0.717, 1.165) is 0 Å². The van der Waals surface area contributed by atoms with Crippen LogP contribution >= 0.6 is 0 Å². The second-order valence-electron chi connectivity index (χ2n) is 6.43. The number of benzene rings is 2. The molecule has 1 amide bonds. The Hall–Kier alpha value is -3.40. The Labute approximate surface area is 168 Å². The number of nitrogens with one attached hydrogen (secondary N) is 1. The minimum absolute atomic E-state index is 0.0962. The lowest BCUT2D eigenvalue weighted by Crippen LogP contribution is -2.23. The maximum atomic E-state index is 13.0. The third-order valence-electron chi connectivity index (χ3n) is 4.43. The van der Waals surface area contributed by atoms with Crippen molar-refractivity contribution in [3.05, 3.63) is 60.2 Å². The Balaban J connectivity index is 2.08. The Kier molecular flexibility index (Phi) is 5.79. The molecule has 6 nitrogen and oxygen atoms in total. The van der Waals surface area contributed by atoms with Gasteiger partial charge in [-0.3, -0.25) is 4.79 Å². The molecule has 0 saturated carbocycles. The molecule has 0 aliphatic carbocycles.